The molecule has 0 unspecified atom stereocenters. The number of rotatable bonds is 4. The number of imide groups is 1. The molecule has 2 fully saturated rings. The molecular weight excluding hydrogens is 444 g/mol. The smallest absolute Gasteiger partial charge is 0.316 e. The summed E-state index contributed by atoms with van der Waals surface area (Å²) in [6, 6.07) is 13.2. The van der Waals surface area contributed by atoms with Crippen molar-refractivity contribution in [3.63, 3.8) is 0 Å². The number of carbonyl (C=O) groups excluding carboxylic acids is 4. The zero-order valence-corrected chi connectivity index (χ0v) is 18.4. The van der Waals surface area contributed by atoms with Crippen molar-refractivity contribution in [3.8, 4) is 5.75 Å². The number of benzene rings is 2. The Morgan fingerprint density at radius 1 is 0.848 bits per heavy atom. The molecule has 2 saturated heterocycles. The van der Waals surface area contributed by atoms with Gasteiger partial charge in [0, 0.05) is 23.7 Å². The van der Waals surface area contributed by atoms with Crippen LogP contribution in [0.1, 0.15) is 19.3 Å². The first-order chi connectivity index (χ1) is 15.9. The number of amides is 3. The fraction of sp³-hybridized carbons (Fsp3) is 0.280. The summed E-state index contributed by atoms with van der Waals surface area (Å²) in [5.41, 5.74) is 1.14. The van der Waals surface area contributed by atoms with Gasteiger partial charge in [0.1, 0.15) is 5.75 Å². The molecule has 33 heavy (non-hydrogen) atoms. The second kappa shape index (κ2) is 8.48. The highest BCUT2D eigenvalue weighted by molar-refractivity contribution is 6.30. The van der Waals surface area contributed by atoms with Gasteiger partial charge < -0.3 is 9.64 Å². The molecule has 2 aliphatic heterocycles. The maximum Gasteiger partial charge on any atom is 0.316 e. The normalized spacial score (nSPS) is 24.4. The van der Waals surface area contributed by atoms with E-state index < -0.39 is 11.9 Å². The summed E-state index contributed by atoms with van der Waals surface area (Å²) in [6.45, 7) is 0.227. The number of halogens is 1. The van der Waals surface area contributed by atoms with Gasteiger partial charge in [0.05, 0.1) is 23.4 Å². The van der Waals surface area contributed by atoms with E-state index in [1.807, 2.05) is 12.2 Å². The number of nitrogens with zero attached hydrogens (tertiary/aromatic N) is 2. The lowest BCUT2D eigenvalue weighted by atomic mass is 9.85. The summed E-state index contributed by atoms with van der Waals surface area (Å²) in [6.07, 6.45) is 5.11. The summed E-state index contributed by atoms with van der Waals surface area (Å²) >= 11 is 5.90. The third-order valence-corrected chi connectivity index (χ3v) is 6.67. The zero-order chi connectivity index (χ0) is 23.1. The summed E-state index contributed by atoms with van der Waals surface area (Å²) < 4.78 is 5.48. The van der Waals surface area contributed by atoms with Crippen LogP contribution in [0.25, 0.3) is 0 Å². The standard InChI is InChI=1S/C25H21ClN2O5/c26-16-5-7-17(8-6-16)27-14-15(13-22(27)29)25(32)33-19-11-9-18(10-12-19)28-23(30)20-3-1-2-4-21(20)24(28)31/h1-2,5-12,15,20-21H,3-4,13-14H2/t15-,20-,21-/m1/s1. The zero-order valence-electron chi connectivity index (χ0n) is 17.6. The molecule has 7 nitrogen and oxygen atoms in total. The highest BCUT2D eigenvalue weighted by Crippen LogP contribution is 2.38. The predicted octanol–water partition coefficient (Wildman–Crippen LogP) is 3.75. The Morgan fingerprint density at radius 2 is 1.42 bits per heavy atom. The Kier molecular flexibility index (Phi) is 5.50. The SMILES string of the molecule is O=C(Oc1ccc(N2C(=O)[C@@H]3CC=CC[C@H]3C2=O)cc1)[C@@H]1CC(=O)N(c2ccc(Cl)cc2)C1. The fourth-order valence-electron chi connectivity index (χ4n) is 4.65. The molecule has 0 spiro atoms. The van der Waals surface area contributed by atoms with E-state index in [4.69, 9.17) is 16.3 Å². The summed E-state index contributed by atoms with van der Waals surface area (Å²) in [5, 5.41) is 0.567. The lowest BCUT2D eigenvalue weighted by molar-refractivity contribution is -0.139. The van der Waals surface area contributed by atoms with Gasteiger partial charge in [0.15, 0.2) is 0 Å². The molecule has 3 atom stereocenters. The van der Waals surface area contributed by atoms with Gasteiger partial charge in [-0.3, -0.25) is 24.1 Å². The molecule has 2 aromatic carbocycles. The van der Waals surface area contributed by atoms with Gasteiger partial charge in [-0.05, 0) is 61.4 Å². The number of hydrogen-bond acceptors (Lipinski definition) is 5. The van der Waals surface area contributed by atoms with Crippen molar-refractivity contribution in [2.24, 2.45) is 17.8 Å². The van der Waals surface area contributed by atoms with Gasteiger partial charge in [0.2, 0.25) is 17.7 Å². The number of ether oxygens (including phenoxy) is 1. The van der Waals surface area contributed by atoms with Gasteiger partial charge in [-0.15, -0.1) is 0 Å². The first kappa shape index (κ1) is 21.4. The molecule has 0 radical (unpaired) electrons. The molecule has 3 aliphatic rings. The minimum absolute atomic E-state index is 0.0626. The highest BCUT2D eigenvalue weighted by atomic mass is 35.5. The number of esters is 1. The van der Waals surface area contributed by atoms with Crippen LogP contribution in [0.15, 0.2) is 60.7 Å². The number of allylic oxidation sites excluding steroid dienone is 2. The summed E-state index contributed by atoms with van der Waals surface area (Å²) in [4.78, 5) is 53.3. The average Bonchev–Trinajstić information content (AvgIpc) is 3.33. The molecule has 0 bridgehead atoms. The third kappa shape index (κ3) is 3.93. The number of hydrogen-bond donors (Lipinski definition) is 0. The number of fused-ring (bicyclic) bond motifs is 1. The van der Waals surface area contributed by atoms with Crippen LogP contribution in [-0.4, -0.2) is 30.2 Å². The second-order valence-corrected chi connectivity index (χ2v) is 8.90. The Labute approximate surface area is 195 Å². The van der Waals surface area contributed by atoms with Gasteiger partial charge in [0.25, 0.3) is 0 Å². The summed E-state index contributed by atoms with van der Waals surface area (Å²) in [7, 11) is 0. The van der Waals surface area contributed by atoms with Crippen LogP contribution >= 0.6 is 11.6 Å². The lowest BCUT2D eigenvalue weighted by Gasteiger charge is -2.17. The van der Waals surface area contributed by atoms with Crippen molar-refractivity contribution in [2.45, 2.75) is 19.3 Å². The van der Waals surface area contributed by atoms with Crippen LogP contribution in [0.5, 0.6) is 5.75 Å². The molecule has 5 rings (SSSR count). The first-order valence-corrected chi connectivity index (χ1v) is 11.2. The molecule has 8 heteroatoms. The minimum Gasteiger partial charge on any atom is -0.426 e. The molecule has 0 N–H and O–H groups in total. The van der Waals surface area contributed by atoms with E-state index in [-0.39, 0.29) is 42.5 Å². The van der Waals surface area contributed by atoms with Gasteiger partial charge >= 0.3 is 5.97 Å². The van der Waals surface area contributed by atoms with Crippen molar-refractivity contribution >= 4 is 46.7 Å². The quantitative estimate of drug-likeness (QED) is 0.298. The van der Waals surface area contributed by atoms with Crippen LogP contribution < -0.4 is 14.5 Å². The predicted molar refractivity (Wildman–Crippen MR) is 122 cm³/mol. The summed E-state index contributed by atoms with van der Waals surface area (Å²) in [5.74, 6) is -1.94. The third-order valence-electron chi connectivity index (χ3n) is 6.42. The van der Waals surface area contributed by atoms with E-state index in [2.05, 4.69) is 0 Å². The van der Waals surface area contributed by atoms with Crippen molar-refractivity contribution in [1.82, 2.24) is 0 Å². The molecule has 0 saturated carbocycles. The first-order valence-electron chi connectivity index (χ1n) is 10.8. The van der Waals surface area contributed by atoms with Gasteiger partial charge in [-0.25, -0.2) is 0 Å². The Balaban J connectivity index is 1.24. The molecular formula is C25H21ClN2O5. The topological polar surface area (TPSA) is 84.0 Å². The second-order valence-electron chi connectivity index (χ2n) is 8.46. The maximum absolute atomic E-state index is 12.7. The molecule has 2 aromatic rings. The highest BCUT2D eigenvalue weighted by Gasteiger charge is 2.47. The van der Waals surface area contributed by atoms with Crippen LogP contribution in [-0.2, 0) is 19.2 Å². The Hall–Kier alpha value is -3.45. The van der Waals surface area contributed by atoms with Crippen molar-refractivity contribution in [1.29, 1.82) is 0 Å². The van der Waals surface area contributed by atoms with Crippen LogP contribution in [0.2, 0.25) is 5.02 Å². The van der Waals surface area contributed by atoms with E-state index in [9.17, 15) is 19.2 Å². The van der Waals surface area contributed by atoms with E-state index in [1.54, 1.807) is 53.4 Å². The fourth-order valence-corrected chi connectivity index (χ4v) is 4.78. The van der Waals surface area contributed by atoms with Crippen LogP contribution in [0.4, 0.5) is 11.4 Å². The van der Waals surface area contributed by atoms with Crippen molar-refractivity contribution in [2.75, 3.05) is 16.3 Å². The lowest BCUT2D eigenvalue weighted by Crippen LogP contribution is -2.30. The molecule has 0 aromatic heterocycles. The van der Waals surface area contributed by atoms with E-state index in [0.717, 1.165) is 0 Å². The average molecular weight is 465 g/mol. The van der Waals surface area contributed by atoms with Gasteiger partial charge in [-0.2, -0.15) is 0 Å². The molecule has 2 heterocycles. The Bertz CT molecular complexity index is 1130. The minimum atomic E-state index is -0.592. The number of anilines is 2. The largest absolute Gasteiger partial charge is 0.426 e. The maximum atomic E-state index is 12.7. The van der Waals surface area contributed by atoms with Crippen LogP contribution in [0, 0.1) is 17.8 Å². The van der Waals surface area contributed by atoms with E-state index in [0.29, 0.717) is 35.0 Å². The molecule has 3 amide bonds. The van der Waals surface area contributed by atoms with E-state index in [1.165, 1.54) is 4.90 Å². The van der Waals surface area contributed by atoms with Crippen LogP contribution in [0.3, 0.4) is 0 Å². The Morgan fingerprint density at radius 3 is 2.03 bits per heavy atom. The number of carbonyl (C=O) groups is 4. The monoisotopic (exact) mass is 464 g/mol. The molecule has 1 aliphatic carbocycles. The molecule has 168 valence electrons. The van der Waals surface area contributed by atoms with Crippen molar-refractivity contribution in [3.05, 3.63) is 65.7 Å². The van der Waals surface area contributed by atoms with E-state index >= 15 is 0 Å². The van der Waals surface area contributed by atoms with Gasteiger partial charge in [-0.1, -0.05) is 23.8 Å². The van der Waals surface area contributed by atoms with Crippen molar-refractivity contribution < 1.29 is 23.9 Å².